The van der Waals surface area contributed by atoms with Crippen molar-refractivity contribution < 1.29 is 22.4 Å². The second-order valence-corrected chi connectivity index (χ2v) is 4.86. The second-order valence-electron chi connectivity index (χ2n) is 4.86. The SMILES string of the molecule is C[C@H](NC(=O)c1ccc(C(F)(F)F)[nH]c1=O)c1ccc(F)cc1. The second kappa shape index (κ2) is 6.23. The molecule has 1 aromatic heterocycles. The number of halogens is 4. The van der Waals surface area contributed by atoms with Crippen molar-refractivity contribution >= 4 is 5.91 Å². The van der Waals surface area contributed by atoms with Crippen LogP contribution >= 0.6 is 0 Å². The van der Waals surface area contributed by atoms with Crippen molar-refractivity contribution in [2.75, 3.05) is 0 Å². The lowest BCUT2D eigenvalue weighted by atomic mass is 10.1. The van der Waals surface area contributed by atoms with Gasteiger partial charge < -0.3 is 10.3 Å². The minimum absolute atomic E-state index is 0.438. The van der Waals surface area contributed by atoms with Crippen molar-refractivity contribution in [3.05, 3.63) is 69.4 Å². The third-order valence-electron chi connectivity index (χ3n) is 3.18. The van der Waals surface area contributed by atoms with Crippen molar-refractivity contribution in [2.24, 2.45) is 0 Å². The molecule has 1 heterocycles. The summed E-state index contributed by atoms with van der Waals surface area (Å²) in [4.78, 5) is 25.2. The van der Waals surface area contributed by atoms with Crippen molar-refractivity contribution in [1.82, 2.24) is 10.3 Å². The van der Waals surface area contributed by atoms with Crippen LogP contribution in [0, 0.1) is 5.82 Å². The van der Waals surface area contributed by atoms with E-state index in [0.29, 0.717) is 11.6 Å². The van der Waals surface area contributed by atoms with Crippen LogP contribution in [0.2, 0.25) is 0 Å². The highest BCUT2D eigenvalue weighted by Gasteiger charge is 2.32. The summed E-state index contributed by atoms with van der Waals surface area (Å²) in [6.07, 6.45) is -4.70. The molecule has 1 atom stereocenters. The van der Waals surface area contributed by atoms with Crippen LogP contribution in [0.4, 0.5) is 17.6 Å². The van der Waals surface area contributed by atoms with Gasteiger partial charge in [-0.3, -0.25) is 9.59 Å². The number of hydrogen-bond donors (Lipinski definition) is 2. The van der Waals surface area contributed by atoms with E-state index < -0.39 is 40.8 Å². The first kappa shape index (κ1) is 16.7. The minimum atomic E-state index is -4.70. The van der Waals surface area contributed by atoms with E-state index in [0.717, 1.165) is 6.07 Å². The summed E-state index contributed by atoms with van der Waals surface area (Å²) in [6.45, 7) is 1.60. The van der Waals surface area contributed by atoms with Gasteiger partial charge in [-0.2, -0.15) is 13.2 Å². The van der Waals surface area contributed by atoms with E-state index in [4.69, 9.17) is 0 Å². The van der Waals surface area contributed by atoms with Gasteiger partial charge in [-0.25, -0.2) is 4.39 Å². The third kappa shape index (κ3) is 3.97. The smallest absolute Gasteiger partial charge is 0.345 e. The number of hydrogen-bond acceptors (Lipinski definition) is 2. The number of carbonyl (C=O) groups is 1. The molecule has 0 saturated heterocycles. The number of benzene rings is 1. The molecule has 2 N–H and O–H groups in total. The maximum absolute atomic E-state index is 12.8. The molecule has 0 aliphatic rings. The molecule has 2 rings (SSSR count). The highest BCUT2D eigenvalue weighted by atomic mass is 19.4. The van der Waals surface area contributed by atoms with Crippen LogP contribution in [-0.4, -0.2) is 10.9 Å². The van der Waals surface area contributed by atoms with Crippen molar-refractivity contribution in [1.29, 1.82) is 0 Å². The maximum atomic E-state index is 12.8. The lowest BCUT2D eigenvalue weighted by Crippen LogP contribution is -2.32. The van der Waals surface area contributed by atoms with Crippen LogP contribution in [0.1, 0.15) is 34.6 Å². The summed E-state index contributed by atoms with van der Waals surface area (Å²) >= 11 is 0. The Morgan fingerprint density at radius 2 is 1.74 bits per heavy atom. The van der Waals surface area contributed by atoms with Gasteiger partial charge in [0, 0.05) is 0 Å². The van der Waals surface area contributed by atoms with E-state index >= 15 is 0 Å². The fourth-order valence-electron chi connectivity index (χ4n) is 1.93. The first-order valence-corrected chi connectivity index (χ1v) is 6.55. The van der Waals surface area contributed by atoms with Crippen molar-refractivity contribution in [3.8, 4) is 0 Å². The maximum Gasteiger partial charge on any atom is 0.431 e. The van der Waals surface area contributed by atoms with Crippen LogP contribution in [0.25, 0.3) is 0 Å². The number of amides is 1. The number of aromatic amines is 1. The highest BCUT2D eigenvalue weighted by Crippen LogP contribution is 2.26. The zero-order valence-corrected chi connectivity index (χ0v) is 11.9. The molecular weight excluding hydrogens is 316 g/mol. The lowest BCUT2D eigenvalue weighted by molar-refractivity contribution is -0.141. The Hall–Kier alpha value is -2.64. The summed E-state index contributed by atoms with van der Waals surface area (Å²) in [7, 11) is 0. The minimum Gasteiger partial charge on any atom is -0.345 e. The standard InChI is InChI=1S/C15H12F4N2O2/c1-8(9-2-4-10(16)5-3-9)20-13(22)11-6-7-12(15(17,18)19)21-14(11)23/h2-8H,1H3,(H,20,22)(H,21,23)/t8-/m0/s1. The molecule has 0 radical (unpaired) electrons. The zero-order valence-electron chi connectivity index (χ0n) is 11.9. The largest absolute Gasteiger partial charge is 0.431 e. The fourth-order valence-corrected chi connectivity index (χ4v) is 1.93. The normalized spacial score (nSPS) is 12.7. The average Bonchev–Trinajstić information content (AvgIpc) is 2.46. The Kier molecular flexibility index (Phi) is 4.53. The van der Waals surface area contributed by atoms with Crippen LogP contribution < -0.4 is 10.9 Å². The molecule has 122 valence electrons. The Morgan fingerprint density at radius 3 is 2.26 bits per heavy atom. The van der Waals surface area contributed by atoms with Gasteiger partial charge in [0.05, 0.1) is 6.04 Å². The van der Waals surface area contributed by atoms with E-state index in [1.807, 2.05) is 0 Å². The molecule has 0 aliphatic heterocycles. The predicted molar refractivity (Wildman–Crippen MR) is 74.3 cm³/mol. The topological polar surface area (TPSA) is 62.0 Å². The molecule has 0 bridgehead atoms. The van der Waals surface area contributed by atoms with Gasteiger partial charge in [0.25, 0.3) is 11.5 Å². The van der Waals surface area contributed by atoms with Crippen molar-refractivity contribution in [2.45, 2.75) is 19.1 Å². The Morgan fingerprint density at radius 1 is 1.13 bits per heavy atom. The van der Waals surface area contributed by atoms with E-state index in [-0.39, 0.29) is 0 Å². The number of nitrogens with one attached hydrogen (secondary N) is 2. The van der Waals surface area contributed by atoms with Gasteiger partial charge >= 0.3 is 6.18 Å². The van der Waals surface area contributed by atoms with Crippen LogP contribution in [0.15, 0.2) is 41.2 Å². The summed E-state index contributed by atoms with van der Waals surface area (Å²) < 4.78 is 50.2. The molecule has 23 heavy (non-hydrogen) atoms. The molecule has 1 aromatic carbocycles. The van der Waals surface area contributed by atoms with Gasteiger partial charge in [0.15, 0.2) is 0 Å². The number of carbonyl (C=O) groups excluding carboxylic acids is 1. The summed E-state index contributed by atoms with van der Waals surface area (Å²) in [5.41, 5.74) is -2.22. The van der Waals surface area contributed by atoms with Crippen LogP contribution in [0.3, 0.4) is 0 Å². The highest BCUT2D eigenvalue weighted by molar-refractivity contribution is 5.94. The molecule has 1 amide bonds. The number of rotatable bonds is 3. The van der Waals surface area contributed by atoms with Crippen molar-refractivity contribution in [3.63, 3.8) is 0 Å². The van der Waals surface area contributed by atoms with Crippen LogP contribution in [0.5, 0.6) is 0 Å². The van der Waals surface area contributed by atoms with E-state index in [2.05, 4.69) is 5.32 Å². The number of aromatic nitrogens is 1. The molecule has 0 spiro atoms. The quantitative estimate of drug-likeness (QED) is 0.851. The zero-order chi connectivity index (χ0) is 17.2. The predicted octanol–water partition coefficient (Wildman–Crippen LogP) is 3.02. The number of alkyl halides is 3. The summed E-state index contributed by atoms with van der Waals surface area (Å²) in [6, 6.07) is 6.22. The third-order valence-corrected chi connectivity index (χ3v) is 3.18. The molecule has 2 aromatic rings. The van der Waals surface area contributed by atoms with E-state index in [1.165, 1.54) is 24.3 Å². The Balaban J connectivity index is 2.18. The van der Waals surface area contributed by atoms with E-state index in [1.54, 1.807) is 11.9 Å². The molecule has 4 nitrogen and oxygen atoms in total. The molecule has 0 aliphatic carbocycles. The van der Waals surface area contributed by atoms with Gasteiger partial charge in [0.2, 0.25) is 0 Å². The Labute approximate surface area is 128 Å². The molecule has 8 heteroatoms. The lowest BCUT2D eigenvalue weighted by Gasteiger charge is -2.14. The molecular formula is C15H12F4N2O2. The summed E-state index contributed by atoms with van der Waals surface area (Å²) in [5.74, 6) is -1.26. The molecule has 0 saturated carbocycles. The van der Waals surface area contributed by atoms with Gasteiger partial charge in [-0.15, -0.1) is 0 Å². The first-order chi connectivity index (χ1) is 10.7. The monoisotopic (exact) mass is 328 g/mol. The van der Waals surface area contributed by atoms with Gasteiger partial charge in [0.1, 0.15) is 17.1 Å². The fraction of sp³-hybridized carbons (Fsp3) is 0.200. The first-order valence-electron chi connectivity index (χ1n) is 6.55. The summed E-state index contributed by atoms with van der Waals surface area (Å²) in [5, 5.41) is 2.47. The Bertz CT molecular complexity index is 766. The number of H-pyrrole nitrogens is 1. The van der Waals surface area contributed by atoms with Crippen LogP contribution in [-0.2, 0) is 6.18 Å². The molecule has 0 fully saturated rings. The van der Waals surface area contributed by atoms with Gasteiger partial charge in [-0.1, -0.05) is 12.1 Å². The average molecular weight is 328 g/mol. The van der Waals surface area contributed by atoms with Gasteiger partial charge in [-0.05, 0) is 36.8 Å². The van der Waals surface area contributed by atoms with E-state index in [9.17, 15) is 27.2 Å². The molecule has 0 unspecified atom stereocenters. The number of pyridine rings is 1.